The molecule has 1 fully saturated rings. The Kier molecular flexibility index (Phi) is 6.05. The lowest BCUT2D eigenvalue weighted by molar-refractivity contribution is -0.133. The topological polar surface area (TPSA) is 91.6 Å². The van der Waals surface area contributed by atoms with Crippen LogP contribution >= 0.6 is 0 Å². The molecule has 0 aromatic heterocycles. The van der Waals surface area contributed by atoms with Gasteiger partial charge in [0.05, 0.1) is 18.7 Å². The molecule has 0 saturated carbocycles. The number of aliphatic hydroxyl groups excluding tert-OH is 1. The van der Waals surface area contributed by atoms with Crippen molar-refractivity contribution in [1.82, 2.24) is 5.32 Å². The highest BCUT2D eigenvalue weighted by atomic mass is 16.5. The highest BCUT2D eigenvalue weighted by Crippen LogP contribution is 2.30. The Balaban J connectivity index is 2.58. The number of nitrogens with one attached hydrogen (secondary N) is 1. The first-order chi connectivity index (χ1) is 8.68. The third-order valence-electron chi connectivity index (χ3n) is 3.22. The number of rotatable bonds is 6. The van der Waals surface area contributed by atoms with E-state index in [-0.39, 0.29) is 18.6 Å². The summed E-state index contributed by atoms with van der Waals surface area (Å²) in [5, 5.41) is 21.1. The fourth-order valence-electron chi connectivity index (χ4n) is 1.90. The SMILES string of the molecule is COCCC(CO)NC(=O)C1(C#N)CCOCC1. The number of ether oxygens (including phenoxy) is 2. The normalized spacial score (nSPS) is 19.8. The minimum absolute atomic E-state index is 0.160. The number of nitriles is 1. The molecule has 0 aromatic carbocycles. The van der Waals surface area contributed by atoms with E-state index in [0.29, 0.717) is 39.1 Å². The standard InChI is InChI=1S/C12H20N2O4/c1-17-5-2-10(8-15)14-11(16)12(9-13)3-6-18-7-4-12/h10,15H,2-8H2,1H3,(H,14,16). The maximum atomic E-state index is 12.1. The second-order valence-electron chi connectivity index (χ2n) is 4.44. The van der Waals surface area contributed by atoms with E-state index in [2.05, 4.69) is 11.4 Å². The van der Waals surface area contributed by atoms with Crippen molar-refractivity contribution >= 4 is 5.91 Å². The molecular weight excluding hydrogens is 236 g/mol. The van der Waals surface area contributed by atoms with Crippen molar-refractivity contribution in [2.75, 3.05) is 33.5 Å². The van der Waals surface area contributed by atoms with E-state index < -0.39 is 5.41 Å². The van der Waals surface area contributed by atoms with Gasteiger partial charge in [-0.15, -0.1) is 0 Å². The summed E-state index contributed by atoms with van der Waals surface area (Å²) in [6.45, 7) is 1.13. The second kappa shape index (κ2) is 7.31. The maximum absolute atomic E-state index is 12.1. The molecule has 1 unspecified atom stereocenters. The van der Waals surface area contributed by atoms with Crippen molar-refractivity contribution in [3.05, 3.63) is 0 Å². The molecule has 0 aliphatic carbocycles. The van der Waals surface area contributed by atoms with E-state index >= 15 is 0 Å². The highest BCUT2D eigenvalue weighted by Gasteiger charge is 2.41. The van der Waals surface area contributed by atoms with E-state index in [1.807, 2.05) is 0 Å². The molecule has 6 nitrogen and oxygen atoms in total. The number of aliphatic hydroxyl groups is 1. The molecule has 6 heteroatoms. The van der Waals surface area contributed by atoms with Gasteiger partial charge in [0.15, 0.2) is 0 Å². The molecule has 0 spiro atoms. The molecule has 1 atom stereocenters. The van der Waals surface area contributed by atoms with Crippen molar-refractivity contribution in [1.29, 1.82) is 5.26 Å². The van der Waals surface area contributed by atoms with Gasteiger partial charge in [-0.05, 0) is 19.3 Å². The highest BCUT2D eigenvalue weighted by molar-refractivity contribution is 5.85. The zero-order chi connectivity index (χ0) is 13.4. The van der Waals surface area contributed by atoms with Crippen molar-refractivity contribution in [2.24, 2.45) is 5.41 Å². The van der Waals surface area contributed by atoms with E-state index in [0.717, 1.165) is 0 Å². The number of methoxy groups -OCH3 is 1. The summed E-state index contributed by atoms with van der Waals surface area (Å²) in [7, 11) is 1.56. The molecule has 0 radical (unpaired) electrons. The van der Waals surface area contributed by atoms with Gasteiger partial charge in [0.25, 0.3) is 0 Å². The summed E-state index contributed by atoms with van der Waals surface area (Å²) in [6.07, 6.45) is 1.33. The average molecular weight is 256 g/mol. The van der Waals surface area contributed by atoms with E-state index in [1.165, 1.54) is 0 Å². The van der Waals surface area contributed by atoms with Crippen LogP contribution in [-0.2, 0) is 14.3 Å². The largest absolute Gasteiger partial charge is 0.394 e. The third kappa shape index (κ3) is 3.67. The number of hydrogen-bond acceptors (Lipinski definition) is 5. The summed E-state index contributed by atoms with van der Waals surface area (Å²) in [5.74, 6) is -0.316. The Morgan fingerprint density at radius 2 is 2.28 bits per heavy atom. The number of carbonyl (C=O) groups excluding carboxylic acids is 1. The van der Waals surface area contributed by atoms with Crippen LogP contribution in [0.4, 0.5) is 0 Å². The fraction of sp³-hybridized carbons (Fsp3) is 0.833. The lowest BCUT2D eigenvalue weighted by atomic mass is 9.80. The summed E-state index contributed by atoms with van der Waals surface area (Å²) >= 11 is 0. The quantitative estimate of drug-likeness (QED) is 0.688. The summed E-state index contributed by atoms with van der Waals surface area (Å²) in [6, 6.07) is 1.73. The summed E-state index contributed by atoms with van der Waals surface area (Å²) < 4.78 is 10.1. The van der Waals surface area contributed by atoms with Gasteiger partial charge in [0.2, 0.25) is 5.91 Å². The van der Waals surface area contributed by atoms with E-state index in [1.54, 1.807) is 7.11 Å². The van der Waals surface area contributed by atoms with Crippen molar-refractivity contribution in [3.63, 3.8) is 0 Å². The Morgan fingerprint density at radius 1 is 1.61 bits per heavy atom. The molecule has 102 valence electrons. The van der Waals surface area contributed by atoms with E-state index in [9.17, 15) is 15.2 Å². The van der Waals surface area contributed by atoms with E-state index in [4.69, 9.17) is 9.47 Å². The molecule has 1 heterocycles. The number of hydrogen-bond donors (Lipinski definition) is 2. The van der Waals surface area contributed by atoms with Gasteiger partial charge in [-0.1, -0.05) is 0 Å². The average Bonchev–Trinajstić information content (AvgIpc) is 2.43. The predicted octanol–water partition coefficient (Wildman–Crippen LogP) is -0.180. The van der Waals surface area contributed by atoms with Gasteiger partial charge in [0.1, 0.15) is 5.41 Å². The number of carbonyl (C=O) groups is 1. The molecule has 1 amide bonds. The van der Waals surface area contributed by atoms with Gasteiger partial charge < -0.3 is 19.9 Å². The number of amides is 1. The zero-order valence-electron chi connectivity index (χ0n) is 10.6. The van der Waals surface area contributed by atoms with Crippen LogP contribution < -0.4 is 5.32 Å². The van der Waals surface area contributed by atoms with Gasteiger partial charge in [-0.2, -0.15) is 5.26 Å². The van der Waals surface area contributed by atoms with Crippen LogP contribution in [0.5, 0.6) is 0 Å². The molecule has 1 rings (SSSR count). The van der Waals surface area contributed by atoms with Crippen LogP contribution in [-0.4, -0.2) is 50.6 Å². The first-order valence-electron chi connectivity index (χ1n) is 6.08. The molecule has 0 aromatic rings. The third-order valence-corrected chi connectivity index (χ3v) is 3.22. The van der Waals surface area contributed by atoms with Crippen LogP contribution in [0.15, 0.2) is 0 Å². The van der Waals surface area contributed by atoms with Crippen molar-refractivity contribution < 1.29 is 19.4 Å². The Morgan fingerprint density at radius 3 is 2.78 bits per heavy atom. The van der Waals surface area contributed by atoms with Crippen molar-refractivity contribution in [2.45, 2.75) is 25.3 Å². The fourth-order valence-corrected chi connectivity index (χ4v) is 1.90. The molecule has 1 aliphatic rings. The monoisotopic (exact) mass is 256 g/mol. The summed E-state index contributed by atoms with van der Waals surface area (Å²) in [5.41, 5.74) is -1.02. The van der Waals surface area contributed by atoms with Crippen LogP contribution in [0.1, 0.15) is 19.3 Å². The molecule has 1 saturated heterocycles. The van der Waals surface area contributed by atoms with Gasteiger partial charge in [-0.25, -0.2) is 0 Å². The molecule has 0 bridgehead atoms. The van der Waals surface area contributed by atoms with Gasteiger partial charge >= 0.3 is 0 Å². The van der Waals surface area contributed by atoms with Gasteiger partial charge in [-0.3, -0.25) is 4.79 Å². The van der Waals surface area contributed by atoms with Crippen LogP contribution in [0.2, 0.25) is 0 Å². The van der Waals surface area contributed by atoms with Gasteiger partial charge in [0, 0.05) is 26.9 Å². The van der Waals surface area contributed by atoms with Crippen LogP contribution in [0, 0.1) is 16.7 Å². The Labute approximate surface area is 107 Å². The minimum Gasteiger partial charge on any atom is -0.394 e. The Hall–Kier alpha value is -1.16. The Bertz CT molecular complexity index is 308. The van der Waals surface area contributed by atoms with Crippen LogP contribution in [0.3, 0.4) is 0 Å². The van der Waals surface area contributed by atoms with Crippen molar-refractivity contribution in [3.8, 4) is 6.07 Å². The zero-order valence-corrected chi connectivity index (χ0v) is 10.6. The minimum atomic E-state index is -1.02. The molecular formula is C12H20N2O4. The summed E-state index contributed by atoms with van der Waals surface area (Å²) in [4.78, 5) is 12.1. The first kappa shape index (κ1) is 14.9. The molecule has 1 aliphatic heterocycles. The number of nitrogens with zero attached hydrogens (tertiary/aromatic N) is 1. The maximum Gasteiger partial charge on any atom is 0.240 e. The second-order valence-corrected chi connectivity index (χ2v) is 4.44. The predicted molar refractivity (Wildman–Crippen MR) is 63.6 cm³/mol. The molecule has 2 N–H and O–H groups in total. The lowest BCUT2D eigenvalue weighted by Gasteiger charge is -2.30. The molecule has 18 heavy (non-hydrogen) atoms. The first-order valence-corrected chi connectivity index (χ1v) is 6.08. The smallest absolute Gasteiger partial charge is 0.240 e. The van der Waals surface area contributed by atoms with Crippen LogP contribution in [0.25, 0.3) is 0 Å². The lowest BCUT2D eigenvalue weighted by Crippen LogP contribution is -2.48.